The van der Waals surface area contributed by atoms with Crippen LogP contribution < -0.4 is 11.1 Å². The number of carbonyl (C=O) groups excluding carboxylic acids is 1. The molecule has 112 valence electrons. The third kappa shape index (κ3) is 3.24. The van der Waals surface area contributed by atoms with Crippen molar-refractivity contribution in [3.63, 3.8) is 0 Å². The molecule has 0 spiro atoms. The normalized spacial score (nSPS) is 16.4. The van der Waals surface area contributed by atoms with Gasteiger partial charge < -0.3 is 11.1 Å². The topological polar surface area (TPSA) is 55.1 Å². The lowest BCUT2D eigenvalue weighted by Gasteiger charge is -2.28. The fourth-order valence-electron chi connectivity index (χ4n) is 1.34. The summed E-state index contributed by atoms with van der Waals surface area (Å²) in [7, 11) is 0. The molecule has 8 heteroatoms. The Bertz CT molecular complexity index is 513. The van der Waals surface area contributed by atoms with Crippen molar-refractivity contribution in [2.45, 2.75) is 31.6 Å². The molecule has 0 bridgehead atoms. The predicted molar refractivity (Wildman–Crippen MR) is 61.6 cm³/mol. The van der Waals surface area contributed by atoms with Crippen molar-refractivity contribution in [1.82, 2.24) is 5.32 Å². The highest BCUT2D eigenvalue weighted by Crippen LogP contribution is 2.28. The van der Waals surface area contributed by atoms with Crippen LogP contribution in [-0.2, 0) is 4.79 Å². The minimum Gasteiger partial charge on any atom is -0.348 e. The highest BCUT2D eigenvalue weighted by Gasteiger charge is 2.54. The monoisotopic (exact) mass is 296 g/mol. The highest BCUT2D eigenvalue weighted by molar-refractivity contribution is 5.86. The zero-order valence-corrected chi connectivity index (χ0v) is 10.7. The van der Waals surface area contributed by atoms with Gasteiger partial charge in [0.2, 0.25) is 5.91 Å². The Hall–Kier alpha value is -1.70. The van der Waals surface area contributed by atoms with Crippen LogP contribution in [-0.4, -0.2) is 17.6 Å². The van der Waals surface area contributed by atoms with Gasteiger partial charge in [-0.15, -0.1) is 0 Å². The van der Waals surface area contributed by atoms with Gasteiger partial charge in [0.15, 0.2) is 17.2 Å². The number of carbonyl (C=O) groups is 1. The largest absolute Gasteiger partial charge is 0.415 e. The number of benzene rings is 1. The smallest absolute Gasteiger partial charge is 0.348 e. The number of amides is 1. The van der Waals surface area contributed by atoms with Crippen LogP contribution in [0.1, 0.15) is 25.5 Å². The molecule has 3 N–H and O–H groups in total. The maximum atomic E-state index is 13.0. The number of halogens is 5. The fraction of sp³-hybridized carbons (Fsp3) is 0.417. The molecule has 2 atom stereocenters. The van der Waals surface area contributed by atoms with E-state index < -0.39 is 35.3 Å². The summed E-state index contributed by atoms with van der Waals surface area (Å²) in [5.74, 6) is -3.71. The lowest BCUT2D eigenvalue weighted by atomic mass is 10.0. The van der Waals surface area contributed by atoms with Crippen LogP contribution in [0, 0.1) is 11.6 Å². The Labute approximate surface area is 112 Å². The molecule has 3 nitrogen and oxygen atoms in total. The second-order valence-corrected chi connectivity index (χ2v) is 4.57. The first-order valence-corrected chi connectivity index (χ1v) is 5.58. The molecule has 0 aliphatic carbocycles. The zero-order valence-electron chi connectivity index (χ0n) is 10.7. The van der Waals surface area contributed by atoms with Gasteiger partial charge >= 0.3 is 6.18 Å². The van der Waals surface area contributed by atoms with E-state index >= 15 is 0 Å². The van der Waals surface area contributed by atoms with Gasteiger partial charge in [0.25, 0.3) is 0 Å². The van der Waals surface area contributed by atoms with Crippen molar-refractivity contribution in [2.24, 2.45) is 5.73 Å². The van der Waals surface area contributed by atoms with Crippen LogP contribution in [0.2, 0.25) is 0 Å². The maximum Gasteiger partial charge on any atom is 0.415 e. The molecule has 2 unspecified atom stereocenters. The summed E-state index contributed by atoms with van der Waals surface area (Å²) in [6.45, 7) is 1.86. The molecule has 0 fully saturated rings. The molecule has 0 aliphatic rings. The average Bonchev–Trinajstić information content (AvgIpc) is 2.30. The number of nitrogens with one attached hydrogen (secondary N) is 1. The summed E-state index contributed by atoms with van der Waals surface area (Å²) in [6, 6.07) is 1.81. The minimum absolute atomic E-state index is 0.121. The van der Waals surface area contributed by atoms with Crippen LogP contribution in [0.15, 0.2) is 18.2 Å². The molecule has 1 aromatic rings. The van der Waals surface area contributed by atoms with Gasteiger partial charge in [-0.3, -0.25) is 4.79 Å². The van der Waals surface area contributed by atoms with E-state index in [4.69, 9.17) is 5.73 Å². The van der Waals surface area contributed by atoms with E-state index in [1.165, 1.54) is 6.92 Å². The third-order valence-corrected chi connectivity index (χ3v) is 2.85. The molecule has 1 aromatic carbocycles. The van der Waals surface area contributed by atoms with Gasteiger partial charge in [0.05, 0.1) is 6.04 Å². The average molecular weight is 296 g/mol. The number of nitrogens with two attached hydrogens (primary N) is 1. The van der Waals surface area contributed by atoms with Crippen LogP contribution >= 0.6 is 0 Å². The van der Waals surface area contributed by atoms with E-state index in [0.717, 1.165) is 18.2 Å². The van der Waals surface area contributed by atoms with E-state index in [1.54, 1.807) is 0 Å². The van der Waals surface area contributed by atoms with Gasteiger partial charge in [0.1, 0.15) is 0 Å². The van der Waals surface area contributed by atoms with Gasteiger partial charge in [-0.2, -0.15) is 13.2 Å². The molecule has 1 rings (SSSR count). The Morgan fingerprint density at radius 2 is 1.80 bits per heavy atom. The van der Waals surface area contributed by atoms with Crippen molar-refractivity contribution in [3.8, 4) is 0 Å². The van der Waals surface area contributed by atoms with Crippen LogP contribution in [0.25, 0.3) is 0 Å². The lowest BCUT2D eigenvalue weighted by Crippen LogP contribution is -2.61. The molecule has 0 aromatic heterocycles. The molecule has 0 aliphatic heterocycles. The zero-order chi connectivity index (χ0) is 15.7. The standard InChI is InChI=1S/C12H13F5N2O/c1-6(7-3-4-8(13)9(14)5-7)19-10(20)11(2,18)12(15,16)17/h3-6H,18H2,1-2H3,(H,19,20). The summed E-state index contributed by atoms with van der Waals surface area (Å²) in [4.78, 5) is 11.5. The van der Waals surface area contributed by atoms with Crippen molar-refractivity contribution < 1.29 is 26.7 Å². The first kappa shape index (κ1) is 16.4. The van der Waals surface area contributed by atoms with Crippen molar-refractivity contribution in [2.75, 3.05) is 0 Å². The Balaban J connectivity index is 2.88. The first-order valence-electron chi connectivity index (χ1n) is 5.58. The van der Waals surface area contributed by atoms with E-state index in [0.29, 0.717) is 6.92 Å². The third-order valence-electron chi connectivity index (χ3n) is 2.85. The number of alkyl halides is 3. The summed E-state index contributed by atoms with van der Waals surface area (Å²) in [6.07, 6.45) is -4.93. The van der Waals surface area contributed by atoms with Crippen molar-refractivity contribution in [3.05, 3.63) is 35.4 Å². The molecule has 0 radical (unpaired) electrons. The van der Waals surface area contributed by atoms with E-state index in [2.05, 4.69) is 0 Å². The van der Waals surface area contributed by atoms with Crippen molar-refractivity contribution in [1.29, 1.82) is 0 Å². The number of hydrogen-bond acceptors (Lipinski definition) is 2. The Morgan fingerprint density at radius 1 is 1.25 bits per heavy atom. The molecule has 0 saturated carbocycles. The molecule has 0 saturated heterocycles. The van der Waals surface area contributed by atoms with Crippen LogP contribution in [0.5, 0.6) is 0 Å². The van der Waals surface area contributed by atoms with Crippen LogP contribution in [0.3, 0.4) is 0 Å². The number of rotatable bonds is 3. The summed E-state index contributed by atoms with van der Waals surface area (Å²) in [5, 5.41) is 2.02. The second-order valence-electron chi connectivity index (χ2n) is 4.57. The molecular weight excluding hydrogens is 283 g/mol. The van der Waals surface area contributed by atoms with Crippen LogP contribution in [0.4, 0.5) is 22.0 Å². The lowest BCUT2D eigenvalue weighted by molar-refractivity contribution is -0.187. The summed E-state index contributed by atoms with van der Waals surface area (Å²) < 4.78 is 63.4. The van der Waals surface area contributed by atoms with Gasteiger partial charge in [-0.1, -0.05) is 6.07 Å². The first-order chi connectivity index (χ1) is 8.96. The fourth-order valence-corrected chi connectivity index (χ4v) is 1.34. The summed E-state index contributed by atoms with van der Waals surface area (Å²) in [5.41, 5.74) is 2.00. The second kappa shape index (κ2) is 5.35. The Morgan fingerprint density at radius 3 is 2.25 bits per heavy atom. The SMILES string of the molecule is CC(NC(=O)C(C)(N)C(F)(F)F)c1ccc(F)c(F)c1. The number of hydrogen-bond donors (Lipinski definition) is 2. The molecule has 0 heterocycles. The maximum absolute atomic E-state index is 13.0. The molecular formula is C12H13F5N2O. The predicted octanol–water partition coefficient (Wildman–Crippen LogP) is 2.42. The van der Waals surface area contributed by atoms with E-state index in [-0.39, 0.29) is 5.56 Å². The Kier molecular flexibility index (Phi) is 4.38. The highest BCUT2D eigenvalue weighted by atomic mass is 19.4. The van der Waals surface area contributed by atoms with Gasteiger partial charge in [-0.05, 0) is 31.5 Å². The molecule has 20 heavy (non-hydrogen) atoms. The van der Waals surface area contributed by atoms with Gasteiger partial charge in [-0.25, -0.2) is 8.78 Å². The van der Waals surface area contributed by atoms with E-state index in [9.17, 15) is 26.7 Å². The summed E-state index contributed by atoms with van der Waals surface area (Å²) >= 11 is 0. The van der Waals surface area contributed by atoms with Gasteiger partial charge in [0, 0.05) is 0 Å². The minimum atomic E-state index is -4.93. The quantitative estimate of drug-likeness (QED) is 0.842. The van der Waals surface area contributed by atoms with E-state index in [1.807, 2.05) is 5.32 Å². The molecule has 1 amide bonds. The van der Waals surface area contributed by atoms with Crippen molar-refractivity contribution >= 4 is 5.91 Å².